The van der Waals surface area contributed by atoms with Gasteiger partial charge in [-0.25, -0.2) is 4.79 Å². The molecule has 2 aromatic carbocycles. The molecule has 3 heterocycles. The highest BCUT2D eigenvalue weighted by atomic mass is 32.2. The van der Waals surface area contributed by atoms with Crippen LogP contribution in [-0.4, -0.2) is 34.1 Å². The van der Waals surface area contributed by atoms with Gasteiger partial charge in [-0.05, 0) is 48.9 Å². The maximum Gasteiger partial charge on any atom is 0.335 e. The Balaban J connectivity index is 1.52. The molecule has 0 aliphatic carbocycles. The van der Waals surface area contributed by atoms with E-state index in [1.807, 2.05) is 48.9 Å². The molecule has 0 amide bonds. The number of carboxylic acid groups (broad SMARTS) is 1. The summed E-state index contributed by atoms with van der Waals surface area (Å²) in [6, 6.07) is 15.2. The number of benzene rings is 2. The Morgan fingerprint density at radius 2 is 1.91 bits per heavy atom. The number of hydrogen-bond donors (Lipinski definition) is 1. The second kappa shape index (κ2) is 9.64. The van der Waals surface area contributed by atoms with Gasteiger partial charge in [0.2, 0.25) is 0 Å². The number of hydrogen-bond acceptors (Lipinski definition) is 6. The number of carboxylic acids is 1. The molecule has 5 rings (SSSR count). The van der Waals surface area contributed by atoms with Gasteiger partial charge in [-0.3, -0.25) is 9.36 Å². The van der Waals surface area contributed by atoms with Gasteiger partial charge in [-0.15, -0.1) is 11.3 Å². The number of rotatable bonds is 5. The highest BCUT2D eigenvalue weighted by Crippen LogP contribution is 2.44. The lowest BCUT2D eigenvalue weighted by atomic mass is 10.1. The van der Waals surface area contributed by atoms with Crippen molar-refractivity contribution in [2.75, 3.05) is 18.5 Å². The van der Waals surface area contributed by atoms with Crippen LogP contribution in [0, 0.1) is 0 Å². The Morgan fingerprint density at radius 1 is 1.14 bits per heavy atom. The molecule has 2 aliphatic heterocycles. The second-order valence-electron chi connectivity index (χ2n) is 8.30. The molecule has 0 spiro atoms. The predicted octanol–water partition coefficient (Wildman–Crippen LogP) is 3.67. The van der Waals surface area contributed by atoms with E-state index in [-0.39, 0.29) is 11.1 Å². The van der Waals surface area contributed by atoms with Gasteiger partial charge in [0.1, 0.15) is 14.2 Å². The lowest BCUT2D eigenvalue weighted by molar-refractivity contribution is 0.0697. The first-order valence-electron chi connectivity index (χ1n) is 11.4. The first-order chi connectivity index (χ1) is 17.0. The zero-order valence-electron chi connectivity index (χ0n) is 19.5. The number of carbonyl (C=O) groups is 1. The minimum atomic E-state index is -0.926. The topological polar surface area (TPSA) is 65.8 Å². The SMILES string of the molecule is CCn1c(=CC2=CC=CCN2Cc2ccc(C(=O)O)cc2)sc(=C2Sc3ccccc3N2C)c1=O. The van der Waals surface area contributed by atoms with Crippen molar-refractivity contribution in [1.29, 1.82) is 0 Å². The van der Waals surface area contributed by atoms with Crippen LogP contribution in [0.1, 0.15) is 22.8 Å². The minimum absolute atomic E-state index is 0.0358. The molecule has 178 valence electrons. The fourth-order valence-electron chi connectivity index (χ4n) is 4.23. The minimum Gasteiger partial charge on any atom is -0.478 e. The van der Waals surface area contributed by atoms with Crippen LogP contribution in [-0.2, 0) is 13.1 Å². The zero-order valence-corrected chi connectivity index (χ0v) is 21.1. The summed E-state index contributed by atoms with van der Waals surface area (Å²) < 4.78 is 3.51. The average molecular weight is 504 g/mol. The standard InChI is InChI=1S/C27H25N3O3S2/c1-3-30-23(35-24(25(30)31)26-28(2)21-9-4-5-10-22(21)34-26)16-20-8-6-7-15-29(20)17-18-11-13-19(14-12-18)27(32)33/h4-14,16H,3,15,17H2,1-2H3,(H,32,33). The molecule has 0 bridgehead atoms. The third-order valence-electron chi connectivity index (χ3n) is 6.10. The Hall–Kier alpha value is -3.49. The van der Waals surface area contributed by atoms with E-state index >= 15 is 0 Å². The monoisotopic (exact) mass is 503 g/mol. The molecule has 8 heteroatoms. The van der Waals surface area contributed by atoms with Crippen molar-refractivity contribution in [2.45, 2.75) is 24.9 Å². The van der Waals surface area contributed by atoms with Crippen molar-refractivity contribution < 1.29 is 9.90 Å². The smallest absolute Gasteiger partial charge is 0.335 e. The summed E-state index contributed by atoms with van der Waals surface area (Å²) >= 11 is 3.17. The van der Waals surface area contributed by atoms with Crippen LogP contribution in [0.3, 0.4) is 0 Å². The first kappa shape index (κ1) is 23.3. The number of thiazole rings is 1. The number of fused-ring (bicyclic) bond motifs is 1. The third kappa shape index (κ3) is 4.47. The van der Waals surface area contributed by atoms with Crippen molar-refractivity contribution in [3.63, 3.8) is 0 Å². The van der Waals surface area contributed by atoms with Crippen molar-refractivity contribution >= 4 is 45.9 Å². The number of aromatic carboxylic acids is 1. The molecule has 1 aromatic heterocycles. The summed E-state index contributed by atoms with van der Waals surface area (Å²) in [7, 11) is 2.01. The molecule has 0 fully saturated rings. The van der Waals surface area contributed by atoms with Crippen LogP contribution >= 0.6 is 23.1 Å². The molecule has 0 radical (unpaired) electrons. The average Bonchev–Trinajstić information content (AvgIpc) is 3.36. The highest BCUT2D eigenvalue weighted by molar-refractivity contribution is 8.08. The first-order valence-corrected chi connectivity index (χ1v) is 13.0. The van der Waals surface area contributed by atoms with Crippen LogP contribution in [0.5, 0.6) is 0 Å². The van der Waals surface area contributed by atoms with Gasteiger partial charge < -0.3 is 14.9 Å². The van der Waals surface area contributed by atoms with E-state index < -0.39 is 5.97 Å². The molecule has 0 unspecified atom stereocenters. The number of aromatic nitrogens is 1. The van der Waals surface area contributed by atoms with E-state index in [0.29, 0.717) is 13.1 Å². The van der Waals surface area contributed by atoms with E-state index in [1.54, 1.807) is 23.9 Å². The molecule has 0 saturated heterocycles. The van der Waals surface area contributed by atoms with E-state index in [4.69, 9.17) is 5.11 Å². The Kier molecular flexibility index (Phi) is 6.40. The van der Waals surface area contributed by atoms with E-state index in [1.165, 1.54) is 11.3 Å². The van der Waals surface area contributed by atoms with Gasteiger partial charge in [-0.2, -0.15) is 0 Å². The van der Waals surface area contributed by atoms with Crippen molar-refractivity contribution in [2.24, 2.45) is 0 Å². The van der Waals surface area contributed by atoms with Crippen molar-refractivity contribution in [3.8, 4) is 0 Å². The Morgan fingerprint density at radius 3 is 2.63 bits per heavy atom. The van der Waals surface area contributed by atoms with Gasteiger partial charge in [0.05, 0.1) is 11.3 Å². The van der Waals surface area contributed by atoms with Crippen LogP contribution in [0.2, 0.25) is 0 Å². The number of para-hydroxylation sites is 1. The quantitative estimate of drug-likeness (QED) is 0.573. The van der Waals surface area contributed by atoms with Crippen molar-refractivity contribution in [1.82, 2.24) is 9.47 Å². The number of allylic oxidation sites excluding steroid dienone is 3. The van der Waals surface area contributed by atoms with E-state index in [9.17, 15) is 9.59 Å². The molecular weight excluding hydrogens is 478 g/mol. The summed E-state index contributed by atoms with van der Waals surface area (Å²) in [6.45, 7) is 3.97. The van der Waals surface area contributed by atoms with Crippen LogP contribution in [0.4, 0.5) is 5.69 Å². The summed E-state index contributed by atoms with van der Waals surface area (Å²) in [5, 5.41) is 10.1. The molecule has 0 saturated carbocycles. The van der Waals surface area contributed by atoms with Crippen molar-refractivity contribution in [3.05, 3.63) is 103 Å². The fraction of sp³-hybridized carbons (Fsp3) is 0.185. The number of nitrogens with zero attached hydrogens (tertiary/aromatic N) is 3. The van der Waals surface area contributed by atoms with Crippen LogP contribution in [0.25, 0.3) is 11.1 Å². The second-order valence-corrected chi connectivity index (χ2v) is 10.4. The lowest BCUT2D eigenvalue weighted by Gasteiger charge is -2.26. The molecule has 35 heavy (non-hydrogen) atoms. The van der Waals surface area contributed by atoms with Crippen LogP contribution in [0.15, 0.2) is 82.1 Å². The molecule has 6 nitrogen and oxygen atoms in total. The molecule has 1 N–H and O–H groups in total. The summed E-state index contributed by atoms with van der Waals surface area (Å²) in [6.07, 6.45) is 8.26. The lowest BCUT2D eigenvalue weighted by Crippen LogP contribution is -2.33. The normalized spacial score (nSPS) is 17.1. The fourth-order valence-corrected chi connectivity index (χ4v) is 6.69. The molecule has 2 aliphatic rings. The van der Waals surface area contributed by atoms with Gasteiger partial charge >= 0.3 is 5.97 Å². The Labute approximate surface area is 211 Å². The summed E-state index contributed by atoms with van der Waals surface area (Å²) in [5.74, 6) is -0.926. The van der Waals surface area contributed by atoms with Gasteiger partial charge in [-0.1, -0.05) is 48.2 Å². The number of thioether (sulfide) groups is 1. The predicted molar refractivity (Wildman–Crippen MR) is 143 cm³/mol. The largest absolute Gasteiger partial charge is 0.478 e. The van der Waals surface area contributed by atoms with Crippen LogP contribution < -0.4 is 19.7 Å². The Bertz CT molecular complexity index is 1530. The third-order valence-corrected chi connectivity index (χ3v) is 8.59. The van der Waals surface area contributed by atoms with Gasteiger partial charge in [0.15, 0.2) is 0 Å². The maximum absolute atomic E-state index is 13.4. The summed E-state index contributed by atoms with van der Waals surface area (Å²) in [5.41, 5.74) is 3.48. The maximum atomic E-state index is 13.4. The van der Waals surface area contributed by atoms with E-state index in [2.05, 4.69) is 40.2 Å². The molecular formula is C27H25N3O3S2. The molecule has 0 atom stereocenters. The highest BCUT2D eigenvalue weighted by Gasteiger charge is 2.24. The summed E-state index contributed by atoms with van der Waals surface area (Å²) in [4.78, 5) is 30.0. The molecule has 3 aromatic rings. The zero-order chi connectivity index (χ0) is 24.5. The van der Waals surface area contributed by atoms with Gasteiger partial charge in [0, 0.05) is 37.3 Å². The number of anilines is 1. The van der Waals surface area contributed by atoms with Gasteiger partial charge in [0.25, 0.3) is 5.56 Å². The van der Waals surface area contributed by atoms with E-state index in [0.717, 1.165) is 42.6 Å².